The number of nitrogens with one attached hydrogen (secondary N) is 3. The molecule has 0 radical (unpaired) electrons. The Labute approximate surface area is 154 Å². The molecule has 0 spiro atoms. The standard InChI is InChI=1S/C16H15ClN4O3S/c1-24-12-5-3-11(4-6-12)15(23)19-16(25)21-20-14(22)8-10-2-7-13(17)18-9-10/h2-7,9H,8H2,1H3,(H,20,22)(H2,19,21,23,25). The fourth-order valence-corrected chi connectivity index (χ4v) is 2.07. The summed E-state index contributed by atoms with van der Waals surface area (Å²) in [5.74, 6) is -0.109. The second-order valence-corrected chi connectivity index (χ2v) is 5.65. The molecule has 0 bridgehead atoms. The van der Waals surface area contributed by atoms with Crippen molar-refractivity contribution in [2.24, 2.45) is 0 Å². The summed E-state index contributed by atoms with van der Waals surface area (Å²) < 4.78 is 5.02. The monoisotopic (exact) mass is 378 g/mol. The lowest BCUT2D eigenvalue weighted by Gasteiger charge is -2.11. The lowest BCUT2D eigenvalue weighted by atomic mass is 10.2. The number of ether oxygens (including phenoxy) is 1. The van der Waals surface area contributed by atoms with Gasteiger partial charge in [-0.1, -0.05) is 17.7 Å². The molecular formula is C16H15ClN4O3S. The normalized spacial score (nSPS) is 9.84. The molecule has 1 aromatic carbocycles. The van der Waals surface area contributed by atoms with E-state index in [0.29, 0.717) is 22.0 Å². The van der Waals surface area contributed by atoms with E-state index < -0.39 is 5.91 Å². The highest BCUT2D eigenvalue weighted by Gasteiger charge is 2.09. The van der Waals surface area contributed by atoms with Gasteiger partial charge in [-0.2, -0.15) is 0 Å². The van der Waals surface area contributed by atoms with Gasteiger partial charge < -0.3 is 4.74 Å². The summed E-state index contributed by atoms with van der Waals surface area (Å²) in [5, 5.41) is 2.78. The van der Waals surface area contributed by atoms with Crippen LogP contribution >= 0.6 is 23.8 Å². The molecule has 0 fully saturated rings. The van der Waals surface area contributed by atoms with Crippen molar-refractivity contribution < 1.29 is 14.3 Å². The average Bonchev–Trinajstić information content (AvgIpc) is 2.62. The highest BCUT2D eigenvalue weighted by atomic mass is 35.5. The van der Waals surface area contributed by atoms with E-state index in [9.17, 15) is 9.59 Å². The first kappa shape index (κ1) is 18.6. The molecule has 130 valence electrons. The van der Waals surface area contributed by atoms with E-state index in [-0.39, 0.29) is 17.4 Å². The van der Waals surface area contributed by atoms with Gasteiger partial charge in [0, 0.05) is 11.8 Å². The third-order valence-electron chi connectivity index (χ3n) is 3.05. The molecule has 9 heteroatoms. The highest BCUT2D eigenvalue weighted by molar-refractivity contribution is 7.80. The van der Waals surface area contributed by atoms with Gasteiger partial charge in [0.25, 0.3) is 5.91 Å². The molecule has 1 heterocycles. The van der Waals surface area contributed by atoms with Gasteiger partial charge in [-0.3, -0.25) is 25.8 Å². The van der Waals surface area contributed by atoms with Crippen LogP contribution in [0.4, 0.5) is 0 Å². The largest absolute Gasteiger partial charge is 0.497 e. The summed E-state index contributed by atoms with van der Waals surface area (Å²) in [6.07, 6.45) is 1.60. The molecular weight excluding hydrogens is 364 g/mol. The van der Waals surface area contributed by atoms with Crippen molar-refractivity contribution in [1.82, 2.24) is 21.2 Å². The predicted molar refractivity (Wildman–Crippen MR) is 97.3 cm³/mol. The molecule has 3 N–H and O–H groups in total. The van der Waals surface area contributed by atoms with Crippen LogP contribution in [0.3, 0.4) is 0 Å². The number of rotatable bonds is 4. The smallest absolute Gasteiger partial charge is 0.257 e. The summed E-state index contributed by atoms with van der Waals surface area (Å²) in [4.78, 5) is 27.7. The number of hydrazine groups is 1. The number of pyridine rings is 1. The second-order valence-electron chi connectivity index (χ2n) is 4.85. The molecule has 0 unspecified atom stereocenters. The van der Waals surface area contributed by atoms with Crippen molar-refractivity contribution in [1.29, 1.82) is 0 Å². The van der Waals surface area contributed by atoms with E-state index in [1.54, 1.807) is 36.4 Å². The van der Waals surface area contributed by atoms with Gasteiger partial charge in [-0.25, -0.2) is 4.98 Å². The molecule has 2 rings (SSSR count). The summed E-state index contributed by atoms with van der Waals surface area (Å²) >= 11 is 10.6. The number of benzene rings is 1. The number of amides is 2. The molecule has 0 atom stereocenters. The van der Waals surface area contributed by atoms with Crippen LogP contribution in [0.25, 0.3) is 0 Å². The Bertz CT molecular complexity index is 766. The number of carbonyl (C=O) groups excluding carboxylic acids is 2. The topological polar surface area (TPSA) is 92.4 Å². The Hall–Kier alpha value is -2.71. The van der Waals surface area contributed by atoms with Gasteiger partial charge in [0.2, 0.25) is 5.91 Å². The molecule has 0 saturated heterocycles. The van der Waals surface area contributed by atoms with Crippen LogP contribution in [0.2, 0.25) is 5.15 Å². The zero-order chi connectivity index (χ0) is 18.2. The van der Waals surface area contributed by atoms with Crippen LogP contribution in [0.1, 0.15) is 15.9 Å². The number of halogens is 1. The zero-order valence-corrected chi connectivity index (χ0v) is 14.8. The Morgan fingerprint density at radius 2 is 1.88 bits per heavy atom. The van der Waals surface area contributed by atoms with Crippen molar-refractivity contribution in [2.45, 2.75) is 6.42 Å². The molecule has 0 aliphatic carbocycles. The number of hydrogen-bond acceptors (Lipinski definition) is 5. The van der Waals surface area contributed by atoms with Gasteiger partial charge in [0.1, 0.15) is 10.9 Å². The molecule has 0 aliphatic rings. The molecule has 7 nitrogen and oxygen atoms in total. The molecule has 0 aliphatic heterocycles. The first-order valence-electron chi connectivity index (χ1n) is 7.12. The minimum Gasteiger partial charge on any atom is -0.497 e. The Balaban J connectivity index is 1.78. The fourth-order valence-electron chi connectivity index (χ4n) is 1.82. The predicted octanol–water partition coefficient (Wildman–Crippen LogP) is 1.62. The maximum absolute atomic E-state index is 12.0. The van der Waals surface area contributed by atoms with Crippen LogP contribution in [-0.4, -0.2) is 29.0 Å². The van der Waals surface area contributed by atoms with Crippen molar-refractivity contribution >= 4 is 40.7 Å². The molecule has 25 heavy (non-hydrogen) atoms. The first-order chi connectivity index (χ1) is 12.0. The second kappa shape index (κ2) is 8.95. The van der Waals surface area contributed by atoms with E-state index in [0.717, 1.165) is 0 Å². The molecule has 2 aromatic rings. The van der Waals surface area contributed by atoms with E-state index in [1.165, 1.54) is 13.3 Å². The highest BCUT2D eigenvalue weighted by Crippen LogP contribution is 2.11. The van der Waals surface area contributed by atoms with Crippen molar-refractivity contribution in [3.63, 3.8) is 0 Å². The van der Waals surface area contributed by atoms with Gasteiger partial charge in [0.05, 0.1) is 13.5 Å². The van der Waals surface area contributed by atoms with Crippen molar-refractivity contribution in [3.8, 4) is 5.75 Å². The van der Waals surface area contributed by atoms with Crippen LogP contribution in [0, 0.1) is 0 Å². The van der Waals surface area contributed by atoms with E-state index >= 15 is 0 Å². The summed E-state index contributed by atoms with van der Waals surface area (Å²) in [5.41, 5.74) is 5.96. The molecule has 1 aromatic heterocycles. The number of nitrogens with zero attached hydrogens (tertiary/aromatic N) is 1. The van der Waals surface area contributed by atoms with E-state index in [4.69, 9.17) is 28.6 Å². The minimum atomic E-state index is -0.406. The van der Waals surface area contributed by atoms with Gasteiger partial charge in [-0.15, -0.1) is 0 Å². The van der Waals surface area contributed by atoms with E-state index in [1.807, 2.05) is 0 Å². The number of methoxy groups -OCH3 is 1. The van der Waals surface area contributed by atoms with Gasteiger partial charge >= 0.3 is 0 Å². The fraction of sp³-hybridized carbons (Fsp3) is 0.125. The van der Waals surface area contributed by atoms with Gasteiger partial charge in [0.15, 0.2) is 5.11 Å². The minimum absolute atomic E-state index is 0.0246. The van der Waals surface area contributed by atoms with Crippen LogP contribution < -0.4 is 20.9 Å². The third-order valence-corrected chi connectivity index (χ3v) is 3.48. The maximum atomic E-state index is 12.0. The van der Waals surface area contributed by atoms with Crippen LogP contribution in [0.15, 0.2) is 42.6 Å². The Morgan fingerprint density at radius 3 is 2.48 bits per heavy atom. The summed E-state index contributed by atoms with van der Waals surface area (Å²) in [6, 6.07) is 9.81. The quantitative estimate of drug-likeness (QED) is 0.425. The lowest BCUT2D eigenvalue weighted by Crippen LogP contribution is -2.48. The number of thiocarbonyl (C=S) groups is 1. The molecule has 2 amide bonds. The first-order valence-corrected chi connectivity index (χ1v) is 7.91. The molecule has 0 saturated carbocycles. The number of aromatic nitrogens is 1. The summed E-state index contributed by atoms with van der Waals surface area (Å²) in [7, 11) is 1.54. The SMILES string of the molecule is COc1ccc(C(=O)NC(=S)NNC(=O)Cc2ccc(Cl)nc2)cc1. The van der Waals surface area contributed by atoms with Crippen molar-refractivity contribution in [3.05, 3.63) is 58.9 Å². The Morgan fingerprint density at radius 1 is 1.16 bits per heavy atom. The number of hydrogen-bond donors (Lipinski definition) is 3. The zero-order valence-electron chi connectivity index (χ0n) is 13.2. The Kier molecular flexibility index (Phi) is 6.67. The summed E-state index contributed by atoms with van der Waals surface area (Å²) in [6.45, 7) is 0. The van der Waals surface area contributed by atoms with Crippen LogP contribution in [0.5, 0.6) is 5.75 Å². The third kappa shape index (κ3) is 6.02. The maximum Gasteiger partial charge on any atom is 0.257 e. The lowest BCUT2D eigenvalue weighted by molar-refractivity contribution is -0.121. The van der Waals surface area contributed by atoms with Crippen molar-refractivity contribution in [2.75, 3.05) is 7.11 Å². The van der Waals surface area contributed by atoms with Gasteiger partial charge in [-0.05, 0) is 48.1 Å². The van der Waals surface area contributed by atoms with E-state index in [2.05, 4.69) is 21.2 Å². The van der Waals surface area contributed by atoms with Crippen LogP contribution in [-0.2, 0) is 11.2 Å². The average molecular weight is 379 g/mol. The number of carbonyl (C=O) groups is 2.